The van der Waals surface area contributed by atoms with Crippen LogP contribution in [0, 0.1) is 0 Å². The van der Waals surface area contributed by atoms with Gasteiger partial charge in [0.1, 0.15) is 0 Å². The highest BCUT2D eigenvalue weighted by Crippen LogP contribution is 2.07. The fourth-order valence-corrected chi connectivity index (χ4v) is 2.60. The molecule has 16 heavy (non-hydrogen) atoms. The molecule has 94 valence electrons. The average molecular weight is 247 g/mol. The van der Waals surface area contributed by atoms with Gasteiger partial charge < -0.3 is 9.84 Å². The van der Waals surface area contributed by atoms with E-state index in [1.54, 1.807) is 0 Å². The Morgan fingerprint density at radius 2 is 2.00 bits per heavy atom. The van der Waals surface area contributed by atoms with Crippen LogP contribution in [0.25, 0.3) is 0 Å². The number of hydrogen-bond donors (Lipinski definition) is 1. The summed E-state index contributed by atoms with van der Waals surface area (Å²) in [6.45, 7) is 4.97. The van der Waals surface area contributed by atoms with Crippen molar-refractivity contribution >= 4 is 17.7 Å². The molecule has 0 aromatic rings. The summed E-state index contributed by atoms with van der Waals surface area (Å²) in [7, 11) is 0. The number of thioether (sulfide) groups is 1. The van der Waals surface area contributed by atoms with Crippen molar-refractivity contribution in [2.24, 2.45) is 0 Å². The highest BCUT2D eigenvalue weighted by Gasteiger charge is 2.08. The van der Waals surface area contributed by atoms with E-state index in [1.807, 2.05) is 11.8 Å². The quantitative estimate of drug-likeness (QED) is 0.655. The summed E-state index contributed by atoms with van der Waals surface area (Å²) in [5.41, 5.74) is 0. The van der Waals surface area contributed by atoms with Crippen molar-refractivity contribution in [3.05, 3.63) is 0 Å². The van der Waals surface area contributed by atoms with E-state index >= 15 is 0 Å². The second kappa shape index (κ2) is 8.84. The lowest BCUT2D eigenvalue weighted by molar-refractivity contribution is -0.137. The van der Waals surface area contributed by atoms with Crippen LogP contribution in [0.15, 0.2) is 0 Å². The first-order valence-corrected chi connectivity index (χ1v) is 7.04. The van der Waals surface area contributed by atoms with E-state index < -0.39 is 5.97 Å². The van der Waals surface area contributed by atoms with Crippen LogP contribution in [-0.4, -0.2) is 60.3 Å². The largest absolute Gasteiger partial charge is 0.481 e. The molecule has 1 heterocycles. The predicted molar refractivity (Wildman–Crippen MR) is 66.1 cm³/mol. The summed E-state index contributed by atoms with van der Waals surface area (Å²) in [4.78, 5) is 12.7. The third-order valence-electron chi connectivity index (χ3n) is 2.58. The fourth-order valence-electron chi connectivity index (χ4n) is 1.60. The van der Waals surface area contributed by atoms with Crippen LogP contribution < -0.4 is 0 Å². The number of nitrogens with zero attached hydrogens (tertiary/aromatic N) is 1. The molecule has 0 unspecified atom stereocenters. The summed E-state index contributed by atoms with van der Waals surface area (Å²) >= 11 is 1.92. The van der Waals surface area contributed by atoms with Gasteiger partial charge in [0.15, 0.2) is 0 Å². The van der Waals surface area contributed by atoms with Gasteiger partial charge in [0.05, 0.1) is 13.2 Å². The van der Waals surface area contributed by atoms with Crippen LogP contribution in [0.2, 0.25) is 0 Å². The average Bonchev–Trinajstić information content (AvgIpc) is 2.29. The Morgan fingerprint density at radius 1 is 1.25 bits per heavy atom. The minimum atomic E-state index is -0.682. The molecule has 0 aliphatic carbocycles. The number of aliphatic carboxylic acids is 1. The minimum Gasteiger partial charge on any atom is -0.481 e. The number of morpholine rings is 1. The van der Waals surface area contributed by atoms with Gasteiger partial charge in [0.2, 0.25) is 0 Å². The van der Waals surface area contributed by atoms with Gasteiger partial charge in [0.25, 0.3) is 0 Å². The number of hydrogen-bond acceptors (Lipinski definition) is 4. The second-order valence-electron chi connectivity index (χ2n) is 3.92. The zero-order chi connectivity index (χ0) is 11.6. The number of unbranched alkanes of at least 4 members (excludes halogenated alkanes) is 1. The molecule has 0 aromatic heterocycles. The summed E-state index contributed by atoms with van der Waals surface area (Å²) in [5, 5.41) is 8.46. The Morgan fingerprint density at radius 3 is 2.69 bits per heavy atom. The maximum absolute atomic E-state index is 10.3. The van der Waals surface area contributed by atoms with Crippen LogP contribution in [0.5, 0.6) is 0 Å². The van der Waals surface area contributed by atoms with Gasteiger partial charge in [-0.3, -0.25) is 9.69 Å². The number of carboxylic acids is 1. The Hall–Kier alpha value is -0.260. The molecule has 1 N–H and O–H groups in total. The van der Waals surface area contributed by atoms with Gasteiger partial charge in [0, 0.05) is 31.8 Å². The maximum atomic E-state index is 10.3. The lowest BCUT2D eigenvalue weighted by Crippen LogP contribution is -2.37. The van der Waals surface area contributed by atoms with Crippen LogP contribution >= 0.6 is 11.8 Å². The van der Waals surface area contributed by atoms with Crippen LogP contribution in [0.4, 0.5) is 0 Å². The van der Waals surface area contributed by atoms with Gasteiger partial charge in [-0.1, -0.05) is 0 Å². The van der Waals surface area contributed by atoms with E-state index in [0.717, 1.165) is 57.2 Å². The minimum absolute atomic E-state index is 0.310. The molecule has 0 spiro atoms. The molecule has 1 saturated heterocycles. The number of ether oxygens (including phenoxy) is 1. The lowest BCUT2D eigenvalue weighted by atomic mass is 10.3. The summed E-state index contributed by atoms with van der Waals surface area (Å²) in [5.74, 6) is 1.54. The Kier molecular flexibility index (Phi) is 7.63. The topological polar surface area (TPSA) is 49.8 Å². The number of carboxylic acid groups (broad SMARTS) is 1. The third-order valence-corrected chi connectivity index (χ3v) is 3.63. The van der Waals surface area contributed by atoms with Crippen molar-refractivity contribution in [2.45, 2.75) is 19.3 Å². The van der Waals surface area contributed by atoms with Crippen molar-refractivity contribution < 1.29 is 14.6 Å². The van der Waals surface area contributed by atoms with Crippen LogP contribution in [0.3, 0.4) is 0 Å². The zero-order valence-electron chi connectivity index (χ0n) is 9.69. The first-order valence-electron chi connectivity index (χ1n) is 5.88. The molecule has 4 nitrogen and oxygen atoms in total. The first-order chi connectivity index (χ1) is 7.79. The highest BCUT2D eigenvalue weighted by molar-refractivity contribution is 7.99. The molecule has 0 amide bonds. The zero-order valence-corrected chi connectivity index (χ0v) is 10.5. The molecule has 0 radical (unpaired) electrons. The van der Waals surface area contributed by atoms with Gasteiger partial charge in [-0.15, -0.1) is 0 Å². The maximum Gasteiger partial charge on any atom is 0.303 e. The third kappa shape index (κ3) is 7.09. The first kappa shape index (κ1) is 13.8. The van der Waals surface area contributed by atoms with Crippen molar-refractivity contribution in [3.8, 4) is 0 Å². The van der Waals surface area contributed by atoms with E-state index in [-0.39, 0.29) is 0 Å². The summed E-state index contributed by atoms with van der Waals surface area (Å²) in [6, 6.07) is 0. The predicted octanol–water partition coefficient (Wildman–Crippen LogP) is 1.31. The SMILES string of the molecule is O=C(O)CCCCSCCN1CCOCC1. The van der Waals surface area contributed by atoms with Gasteiger partial charge in [-0.25, -0.2) is 0 Å². The van der Waals surface area contributed by atoms with Crippen molar-refractivity contribution in [2.75, 3.05) is 44.4 Å². The van der Waals surface area contributed by atoms with E-state index in [1.165, 1.54) is 0 Å². The fraction of sp³-hybridized carbons (Fsp3) is 0.909. The lowest BCUT2D eigenvalue weighted by Gasteiger charge is -2.26. The molecule has 0 saturated carbocycles. The van der Waals surface area contributed by atoms with Gasteiger partial charge in [-0.2, -0.15) is 11.8 Å². The number of carbonyl (C=O) groups is 1. The summed E-state index contributed by atoms with van der Waals surface area (Å²) < 4.78 is 5.28. The molecular formula is C11H21NO3S. The van der Waals surface area contributed by atoms with Gasteiger partial charge in [-0.05, 0) is 18.6 Å². The van der Waals surface area contributed by atoms with Gasteiger partial charge >= 0.3 is 5.97 Å². The van der Waals surface area contributed by atoms with E-state index in [0.29, 0.717) is 6.42 Å². The molecule has 0 atom stereocenters. The molecular weight excluding hydrogens is 226 g/mol. The van der Waals surface area contributed by atoms with E-state index in [2.05, 4.69) is 4.90 Å². The van der Waals surface area contributed by atoms with Crippen LogP contribution in [-0.2, 0) is 9.53 Å². The molecule has 0 bridgehead atoms. The summed E-state index contributed by atoms with van der Waals surface area (Å²) in [6.07, 6.45) is 2.13. The van der Waals surface area contributed by atoms with Crippen molar-refractivity contribution in [3.63, 3.8) is 0 Å². The number of rotatable bonds is 8. The van der Waals surface area contributed by atoms with E-state index in [9.17, 15) is 4.79 Å². The highest BCUT2D eigenvalue weighted by atomic mass is 32.2. The van der Waals surface area contributed by atoms with Crippen molar-refractivity contribution in [1.29, 1.82) is 0 Å². The Balaban J connectivity index is 1.82. The molecule has 5 heteroatoms. The van der Waals surface area contributed by atoms with Crippen LogP contribution in [0.1, 0.15) is 19.3 Å². The smallest absolute Gasteiger partial charge is 0.303 e. The second-order valence-corrected chi connectivity index (χ2v) is 5.14. The molecule has 1 aliphatic rings. The molecule has 1 rings (SSSR count). The van der Waals surface area contributed by atoms with Crippen molar-refractivity contribution in [1.82, 2.24) is 4.90 Å². The van der Waals surface area contributed by atoms with E-state index in [4.69, 9.17) is 9.84 Å². The Bertz CT molecular complexity index is 196. The monoisotopic (exact) mass is 247 g/mol. The standard InChI is InChI=1S/C11H21NO3S/c13-11(14)3-1-2-9-16-10-6-12-4-7-15-8-5-12/h1-10H2,(H,13,14). The molecule has 1 fully saturated rings. The molecule has 0 aromatic carbocycles. The molecule has 1 aliphatic heterocycles. The normalized spacial score (nSPS) is 17.5. The Labute approximate surface area is 101 Å².